The highest BCUT2D eigenvalue weighted by Gasteiger charge is 2.42. The lowest BCUT2D eigenvalue weighted by Crippen LogP contribution is -2.48. The van der Waals surface area contributed by atoms with Crippen LogP contribution in [0.3, 0.4) is 0 Å². The molecule has 1 aromatic rings. The number of rotatable bonds is 2. The number of fused-ring (bicyclic) bond motifs is 1. The van der Waals surface area contributed by atoms with Gasteiger partial charge in [-0.3, -0.25) is 0 Å². The van der Waals surface area contributed by atoms with Crippen LogP contribution in [0.15, 0.2) is 24.3 Å². The van der Waals surface area contributed by atoms with Gasteiger partial charge in [0.2, 0.25) is 0 Å². The summed E-state index contributed by atoms with van der Waals surface area (Å²) in [6.45, 7) is 4.34. The Morgan fingerprint density at radius 2 is 2.24 bits per heavy atom. The van der Waals surface area contributed by atoms with Crippen molar-refractivity contribution in [2.75, 3.05) is 6.61 Å². The molecule has 0 saturated heterocycles. The van der Waals surface area contributed by atoms with Gasteiger partial charge in [0, 0.05) is 0 Å². The van der Waals surface area contributed by atoms with Gasteiger partial charge in [-0.25, -0.2) is 4.79 Å². The predicted molar refractivity (Wildman–Crippen MR) is 66.6 cm³/mol. The molecule has 1 aromatic carbocycles. The van der Waals surface area contributed by atoms with Crippen molar-refractivity contribution < 1.29 is 9.53 Å². The molecule has 2 N–H and O–H groups in total. The number of carbonyl (C=O) groups excluding carboxylic acids is 1. The Labute approximate surface area is 102 Å². The van der Waals surface area contributed by atoms with Crippen LogP contribution in [0.4, 0.5) is 0 Å². The zero-order valence-corrected chi connectivity index (χ0v) is 10.4. The smallest absolute Gasteiger partial charge is 0.330 e. The fraction of sp³-hybridized carbons (Fsp3) is 0.500. The molecule has 0 heterocycles. The number of carbonyl (C=O) groups is 1. The van der Waals surface area contributed by atoms with Gasteiger partial charge in [-0.15, -0.1) is 0 Å². The van der Waals surface area contributed by atoms with E-state index in [-0.39, 0.29) is 5.97 Å². The molecule has 2 unspecified atom stereocenters. The summed E-state index contributed by atoms with van der Waals surface area (Å²) in [5.74, 6) is 0.150. The van der Waals surface area contributed by atoms with E-state index in [0.29, 0.717) is 18.9 Å². The van der Waals surface area contributed by atoms with Crippen LogP contribution in [0.1, 0.15) is 43.7 Å². The first kappa shape index (κ1) is 12.1. The van der Waals surface area contributed by atoms with Gasteiger partial charge < -0.3 is 10.5 Å². The van der Waals surface area contributed by atoms with E-state index in [4.69, 9.17) is 10.5 Å². The van der Waals surface area contributed by atoms with Gasteiger partial charge in [-0.2, -0.15) is 0 Å². The van der Waals surface area contributed by atoms with Gasteiger partial charge in [0.25, 0.3) is 0 Å². The second-order valence-corrected chi connectivity index (χ2v) is 4.72. The maximum absolute atomic E-state index is 12.0. The Morgan fingerprint density at radius 3 is 2.94 bits per heavy atom. The Morgan fingerprint density at radius 1 is 1.53 bits per heavy atom. The summed E-state index contributed by atoms with van der Waals surface area (Å²) >= 11 is 0. The van der Waals surface area contributed by atoms with Gasteiger partial charge in [0.05, 0.1) is 6.61 Å². The SMILES string of the molecule is CCOC(=O)C1(N)CCC(C)c2ccccc21. The molecule has 0 amide bonds. The fourth-order valence-corrected chi connectivity index (χ4v) is 2.54. The quantitative estimate of drug-likeness (QED) is 0.797. The second-order valence-electron chi connectivity index (χ2n) is 4.72. The molecular weight excluding hydrogens is 214 g/mol. The number of hydrogen-bond donors (Lipinski definition) is 1. The van der Waals surface area contributed by atoms with Crippen molar-refractivity contribution in [3.05, 3.63) is 35.4 Å². The highest BCUT2D eigenvalue weighted by Crippen LogP contribution is 2.40. The zero-order chi connectivity index (χ0) is 12.5. The summed E-state index contributed by atoms with van der Waals surface area (Å²) in [7, 11) is 0. The molecule has 1 aliphatic carbocycles. The lowest BCUT2D eigenvalue weighted by Gasteiger charge is -2.36. The lowest BCUT2D eigenvalue weighted by atomic mass is 9.73. The molecular formula is C14H19NO2. The van der Waals surface area contributed by atoms with Crippen LogP contribution in [0.2, 0.25) is 0 Å². The van der Waals surface area contributed by atoms with Crippen LogP contribution in [-0.2, 0) is 15.1 Å². The third kappa shape index (κ3) is 1.95. The van der Waals surface area contributed by atoms with Gasteiger partial charge in [0.15, 0.2) is 0 Å². The molecule has 3 heteroatoms. The molecule has 0 aliphatic heterocycles. The number of nitrogens with two attached hydrogens (primary N) is 1. The molecule has 0 radical (unpaired) electrons. The van der Waals surface area contributed by atoms with Crippen molar-refractivity contribution in [2.24, 2.45) is 5.73 Å². The van der Waals surface area contributed by atoms with Crippen molar-refractivity contribution in [3.63, 3.8) is 0 Å². The van der Waals surface area contributed by atoms with E-state index in [9.17, 15) is 4.79 Å². The van der Waals surface area contributed by atoms with Crippen molar-refractivity contribution >= 4 is 5.97 Å². The molecule has 17 heavy (non-hydrogen) atoms. The molecule has 0 spiro atoms. The standard InChI is InChI=1S/C14H19NO2/c1-3-17-13(16)14(15)9-8-10(2)11-6-4-5-7-12(11)14/h4-7,10H,3,8-9,15H2,1-2H3. The molecule has 3 nitrogen and oxygen atoms in total. The molecule has 0 fully saturated rings. The molecule has 92 valence electrons. The van der Waals surface area contributed by atoms with Crippen LogP contribution in [-0.4, -0.2) is 12.6 Å². The minimum Gasteiger partial charge on any atom is -0.464 e. The average Bonchev–Trinajstić information content (AvgIpc) is 2.35. The molecule has 1 aliphatic rings. The van der Waals surface area contributed by atoms with E-state index in [2.05, 4.69) is 13.0 Å². The highest BCUT2D eigenvalue weighted by atomic mass is 16.5. The first-order chi connectivity index (χ1) is 8.09. The fourth-order valence-electron chi connectivity index (χ4n) is 2.54. The zero-order valence-electron chi connectivity index (χ0n) is 10.4. The Hall–Kier alpha value is -1.35. The van der Waals surface area contributed by atoms with Crippen LogP contribution >= 0.6 is 0 Å². The second kappa shape index (κ2) is 4.49. The number of hydrogen-bond acceptors (Lipinski definition) is 3. The number of esters is 1. The normalized spacial score (nSPS) is 27.4. The van der Waals surface area contributed by atoms with Crippen molar-refractivity contribution in [2.45, 2.75) is 38.1 Å². The first-order valence-corrected chi connectivity index (χ1v) is 6.15. The number of ether oxygens (including phenoxy) is 1. The summed E-state index contributed by atoms with van der Waals surface area (Å²) in [5, 5.41) is 0. The summed E-state index contributed by atoms with van der Waals surface area (Å²) in [6, 6.07) is 7.92. The molecule has 0 aromatic heterocycles. The third-order valence-electron chi connectivity index (χ3n) is 3.58. The Kier molecular flexibility index (Phi) is 3.20. The Balaban J connectivity index is 2.45. The third-order valence-corrected chi connectivity index (χ3v) is 3.58. The molecule has 0 saturated carbocycles. The monoisotopic (exact) mass is 233 g/mol. The van der Waals surface area contributed by atoms with Gasteiger partial charge >= 0.3 is 5.97 Å². The van der Waals surface area contributed by atoms with Crippen molar-refractivity contribution in [3.8, 4) is 0 Å². The average molecular weight is 233 g/mol. The van der Waals surface area contributed by atoms with Gasteiger partial charge in [-0.1, -0.05) is 31.2 Å². The number of benzene rings is 1. The van der Waals surface area contributed by atoms with Crippen molar-refractivity contribution in [1.82, 2.24) is 0 Å². The van der Waals surface area contributed by atoms with Crippen molar-refractivity contribution in [1.29, 1.82) is 0 Å². The highest BCUT2D eigenvalue weighted by molar-refractivity contribution is 5.83. The van der Waals surface area contributed by atoms with Crippen LogP contribution in [0, 0.1) is 0 Å². The van der Waals surface area contributed by atoms with Crippen LogP contribution in [0.25, 0.3) is 0 Å². The van der Waals surface area contributed by atoms with E-state index in [1.807, 2.05) is 18.2 Å². The largest absolute Gasteiger partial charge is 0.464 e. The van der Waals surface area contributed by atoms with E-state index >= 15 is 0 Å². The summed E-state index contributed by atoms with van der Waals surface area (Å²) in [4.78, 5) is 12.0. The summed E-state index contributed by atoms with van der Waals surface area (Å²) < 4.78 is 5.11. The van der Waals surface area contributed by atoms with E-state index < -0.39 is 5.54 Å². The predicted octanol–water partition coefficient (Wildman–Crippen LogP) is 2.30. The minimum absolute atomic E-state index is 0.306. The Bertz CT molecular complexity index is 430. The lowest BCUT2D eigenvalue weighted by molar-refractivity contribution is -0.150. The topological polar surface area (TPSA) is 52.3 Å². The van der Waals surface area contributed by atoms with E-state index in [1.165, 1.54) is 5.56 Å². The van der Waals surface area contributed by atoms with Crippen LogP contribution < -0.4 is 5.73 Å². The molecule has 2 rings (SSSR count). The van der Waals surface area contributed by atoms with Crippen LogP contribution in [0.5, 0.6) is 0 Å². The van der Waals surface area contributed by atoms with Gasteiger partial charge in [0.1, 0.15) is 5.54 Å². The van der Waals surface area contributed by atoms with E-state index in [0.717, 1.165) is 12.0 Å². The summed E-state index contributed by atoms with van der Waals surface area (Å²) in [5.41, 5.74) is 7.43. The first-order valence-electron chi connectivity index (χ1n) is 6.15. The molecule has 2 atom stereocenters. The minimum atomic E-state index is -0.959. The maximum atomic E-state index is 12.0. The summed E-state index contributed by atoms with van der Waals surface area (Å²) in [6.07, 6.45) is 1.58. The van der Waals surface area contributed by atoms with E-state index in [1.54, 1.807) is 6.92 Å². The van der Waals surface area contributed by atoms with Gasteiger partial charge in [-0.05, 0) is 36.8 Å². The molecule has 0 bridgehead atoms. The maximum Gasteiger partial charge on any atom is 0.330 e.